The number of allylic oxidation sites excluding steroid dienone is 1. The van der Waals surface area contributed by atoms with Crippen LogP contribution in [0.2, 0.25) is 5.82 Å². The molecule has 1 aromatic rings. The number of nitrogens with one attached hydrogen (secondary N) is 1. The van der Waals surface area contributed by atoms with E-state index >= 15 is 0 Å². The Hall–Kier alpha value is -2.39. The first-order valence-electron chi connectivity index (χ1n) is 7.64. The number of carbonyl (C=O) groups excluding carboxylic acids is 1. The van der Waals surface area contributed by atoms with E-state index in [1.807, 2.05) is 0 Å². The summed E-state index contributed by atoms with van der Waals surface area (Å²) in [5.41, 5.74) is 6.13. The summed E-state index contributed by atoms with van der Waals surface area (Å²) in [6, 6.07) is 5.07. The standard InChI is InChI=1S/C15H20BN3O5/c17-13-6-2-4-11(19-13)7-14(20)18-9-10-3-1-5-12(8-15(21)22)24-16(10)23/h1-2,4-6,10,12,23H,3,7-9H2,(H2,17,19)(H,18,20)(H,21,22)/t10-,12-/m1/s1. The predicted molar refractivity (Wildman–Crippen MR) is 88.0 cm³/mol. The molecule has 2 heterocycles. The maximum absolute atomic E-state index is 12.0. The lowest BCUT2D eigenvalue weighted by Gasteiger charge is -2.19. The van der Waals surface area contributed by atoms with Crippen molar-refractivity contribution in [2.24, 2.45) is 0 Å². The fraction of sp³-hybridized carbons (Fsp3) is 0.400. The first-order valence-corrected chi connectivity index (χ1v) is 7.64. The van der Waals surface area contributed by atoms with Gasteiger partial charge in [-0.2, -0.15) is 0 Å². The van der Waals surface area contributed by atoms with Crippen LogP contribution in [0.25, 0.3) is 0 Å². The number of pyridine rings is 1. The Bertz CT molecular complexity index is 625. The third kappa shape index (κ3) is 5.67. The molecule has 0 spiro atoms. The number of amides is 1. The van der Waals surface area contributed by atoms with Gasteiger partial charge in [0.15, 0.2) is 0 Å². The average Bonchev–Trinajstić information content (AvgIpc) is 2.66. The number of carboxylic acids is 1. The second-order valence-corrected chi connectivity index (χ2v) is 5.62. The van der Waals surface area contributed by atoms with E-state index < -0.39 is 19.2 Å². The summed E-state index contributed by atoms with van der Waals surface area (Å²) in [4.78, 5) is 26.7. The van der Waals surface area contributed by atoms with Crippen molar-refractivity contribution < 1.29 is 24.4 Å². The zero-order valence-electron chi connectivity index (χ0n) is 13.1. The zero-order chi connectivity index (χ0) is 17.5. The number of hydrogen-bond donors (Lipinski definition) is 4. The van der Waals surface area contributed by atoms with Gasteiger partial charge in [0.2, 0.25) is 5.91 Å². The molecule has 2 atom stereocenters. The number of hydrogen-bond acceptors (Lipinski definition) is 6. The van der Waals surface area contributed by atoms with Crippen LogP contribution < -0.4 is 11.1 Å². The Morgan fingerprint density at radius 3 is 2.96 bits per heavy atom. The summed E-state index contributed by atoms with van der Waals surface area (Å²) in [6.45, 7) is 0.215. The van der Waals surface area contributed by atoms with Crippen LogP contribution in [0, 0.1) is 0 Å². The van der Waals surface area contributed by atoms with E-state index in [1.165, 1.54) is 0 Å². The fourth-order valence-corrected chi connectivity index (χ4v) is 2.40. The normalized spacial score (nSPS) is 20.5. The SMILES string of the molecule is Nc1cccc(CC(=O)NC[C@H]2CC=C[C@H](CC(=O)O)OB2O)n1. The lowest BCUT2D eigenvalue weighted by molar-refractivity contribution is -0.138. The largest absolute Gasteiger partial charge is 0.481 e. The minimum atomic E-state index is -1.14. The Balaban J connectivity index is 1.82. The molecule has 1 amide bonds. The highest BCUT2D eigenvalue weighted by atomic mass is 16.5. The smallest absolute Gasteiger partial charge is 0.460 e. The van der Waals surface area contributed by atoms with Crippen molar-refractivity contribution in [3.8, 4) is 0 Å². The van der Waals surface area contributed by atoms with Gasteiger partial charge in [0, 0.05) is 12.4 Å². The summed E-state index contributed by atoms with van der Waals surface area (Å²) in [5, 5.41) is 21.5. The molecule has 0 unspecified atom stereocenters. The number of aliphatic carboxylic acids is 1. The molecule has 2 rings (SSSR count). The van der Waals surface area contributed by atoms with Gasteiger partial charge in [0.25, 0.3) is 0 Å². The molecule has 1 aliphatic rings. The topological polar surface area (TPSA) is 135 Å². The third-order valence-electron chi connectivity index (χ3n) is 3.61. The lowest BCUT2D eigenvalue weighted by Crippen LogP contribution is -2.37. The summed E-state index contributed by atoms with van der Waals surface area (Å²) in [7, 11) is -1.14. The van der Waals surface area contributed by atoms with Gasteiger partial charge in [-0.15, -0.1) is 0 Å². The molecule has 5 N–H and O–H groups in total. The van der Waals surface area contributed by atoms with Gasteiger partial charge in [-0.3, -0.25) is 9.59 Å². The van der Waals surface area contributed by atoms with Crippen molar-refractivity contribution in [1.29, 1.82) is 0 Å². The van der Waals surface area contributed by atoms with E-state index in [2.05, 4.69) is 10.3 Å². The van der Waals surface area contributed by atoms with Crippen LogP contribution in [0.1, 0.15) is 18.5 Å². The van der Waals surface area contributed by atoms with Crippen molar-refractivity contribution >= 4 is 24.8 Å². The molecule has 0 saturated heterocycles. The molecule has 8 nitrogen and oxygen atoms in total. The van der Waals surface area contributed by atoms with Crippen LogP contribution in [0.15, 0.2) is 30.4 Å². The molecule has 9 heteroatoms. The van der Waals surface area contributed by atoms with Crippen LogP contribution >= 0.6 is 0 Å². The summed E-state index contributed by atoms with van der Waals surface area (Å²) in [5.74, 6) is -1.24. The molecule has 24 heavy (non-hydrogen) atoms. The number of nitrogens with two attached hydrogens (primary N) is 1. The highest BCUT2D eigenvalue weighted by Crippen LogP contribution is 2.21. The molecular weight excluding hydrogens is 313 g/mol. The Morgan fingerprint density at radius 2 is 2.25 bits per heavy atom. The van der Waals surface area contributed by atoms with Crippen LogP contribution in [0.5, 0.6) is 0 Å². The third-order valence-corrected chi connectivity index (χ3v) is 3.61. The molecule has 0 radical (unpaired) electrons. The summed E-state index contributed by atoms with van der Waals surface area (Å²) in [6.07, 6.45) is 3.07. The Morgan fingerprint density at radius 1 is 1.46 bits per heavy atom. The summed E-state index contributed by atoms with van der Waals surface area (Å²) < 4.78 is 5.31. The van der Waals surface area contributed by atoms with E-state index in [9.17, 15) is 14.6 Å². The molecule has 0 saturated carbocycles. The molecule has 0 aliphatic carbocycles. The maximum Gasteiger partial charge on any atom is 0.460 e. The van der Waals surface area contributed by atoms with Crippen LogP contribution in [-0.4, -0.2) is 46.8 Å². The van der Waals surface area contributed by atoms with Crippen molar-refractivity contribution in [2.45, 2.75) is 31.2 Å². The highest BCUT2D eigenvalue weighted by Gasteiger charge is 2.31. The first-order chi connectivity index (χ1) is 11.4. The van der Waals surface area contributed by atoms with Crippen molar-refractivity contribution in [2.75, 3.05) is 12.3 Å². The number of carbonyl (C=O) groups is 2. The second-order valence-electron chi connectivity index (χ2n) is 5.62. The molecule has 128 valence electrons. The minimum absolute atomic E-state index is 0.0895. The molecule has 0 aromatic carbocycles. The molecule has 0 fully saturated rings. The van der Waals surface area contributed by atoms with Crippen molar-refractivity contribution in [1.82, 2.24) is 10.3 Å². The van der Waals surface area contributed by atoms with Crippen LogP contribution in [-0.2, 0) is 20.7 Å². The van der Waals surface area contributed by atoms with Gasteiger partial charge in [0.1, 0.15) is 5.82 Å². The summed E-state index contributed by atoms with van der Waals surface area (Å²) >= 11 is 0. The average molecular weight is 333 g/mol. The molecular formula is C15H20BN3O5. The number of carboxylic acid groups (broad SMARTS) is 1. The fourth-order valence-electron chi connectivity index (χ4n) is 2.40. The van der Waals surface area contributed by atoms with Gasteiger partial charge in [0.05, 0.1) is 24.6 Å². The lowest BCUT2D eigenvalue weighted by atomic mass is 9.70. The number of rotatable bonds is 6. The first kappa shape index (κ1) is 18.0. The van der Waals surface area contributed by atoms with Crippen LogP contribution in [0.3, 0.4) is 0 Å². The zero-order valence-corrected chi connectivity index (χ0v) is 13.1. The van der Waals surface area contributed by atoms with E-state index in [-0.39, 0.29) is 31.1 Å². The van der Waals surface area contributed by atoms with Gasteiger partial charge < -0.3 is 25.8 Å². The Labute approximate surface area is 139 Å². The molecule has 1 aliphatic heterocycles. The van der Waals surface area contributed by atoms with E-state index in [0.717, 1.165) is 0 Å². The number of nitrogens with zero attached hydrogens (tertiary/aromatic N) is 1. The monoisotopic (exact) mass is 333 g/mol. The highest BCUT2D eigenvalue weighted by molar-refractivity contribution is 6.45. The van der Waals surface area contributed by atoms with E-state index in [4.69, 9.17) is 15.5 Å². The minimum Gasteiger partial charge on any atom is -0.481 e. The maximum atomic E-state index is 12.0. The van der Waals surface area contributed by atoms with Crippen molar-refractivity contribution in [3.63, 3.8) is 0 Å². The van der Waals surface area contributed by atoms with E-state index in [0.29, 0.717) is 17.9 Å². The van der Waals surface area contributed by atoms with Gasteiger partial charge >= 0.3 is 13.1 Å². The molecule has 1 aromatic heterocycles. The van der Waals surface area contributed by atoms with Gasteiger partial charge in [-0.1, -0.05) is 18.2 Å². The van der Waals surface area contributed by atoms with Crippen LogP contribution in [0.4, 0.5) is 5.82 Å². The van der Waals surface area contributed by atoms with Gasteiger partial charge in [-0.05, 0) is 18.6 Å². The van der Waals surface area contributed by atoms with Gasteiger partial charge in [-0.25, -0.2) is 4.98 Å². The number of aromatic nitrogens is 1. The number of anilines is 1. The quantitative estimate of drug-likeness (QED) is 0.425. The second kappa shape index (κ2) is 8.46. The Kier molecular flexibility index (Phi) is 6.33. The predicted octanol–water partition coefficient (Wildman–Crippen LogP) is -0.00700. The molecule has 0 bridgehead atoms. The van der Waals surface area contributed by atoms with Crippen molar-refractivity contribution in [3.05, 3.63) is 36.0 Å². The number of nitrogen functional groups attached to an aromatic ring is 1. The van der Waals surface area contributed by atoms with E-state index in [1.54, 1.807) is 30.4 Å².